The van der Waals surface area contributed by atoms with Crippen LogP contribution in [0, 0.1) is 22.0 Å². The average Bonchev–Trinajstić information content (AvgIpc) is 3.39. The monoisotopic (exact) mass is 381 g/mol. The Morgan fingerprint density at radius 2 is 1.57 bits per heavy atom. The highest BCUT2D eigenvalue weighted by Gasteiger charge is 2.35. The second-order valence-electron chi connectivity index (χ2n) is 7.30. The molecule has 28 heavy (non-hydrogen) atoms. The molecule has 0 N–H and O–H groups in total. The molecule has 1 fully saturated rings. The highest BCUT2D eigenvalue weighted by molar-refractivity contribution is 5.36. The molecule has 2 unspecified atom stereocenters. The maximum Gasteiger partial charge on any atom is 0.269 e. The van der Waals surface area contributed by atoms with Crippen molar-refractivity contribution in [1.29, 1.82) is 0 Å². The van der Waals surface area contributed by atoms with E-state index in [2.05, 4.69) is 19.1 Å². The van der Waals surface area contributed by atoms with Gasteiger partial charge >= 0.3 is 0 Å². The summed E-state index contributed by atoms with van der Waals surface area (Å²) >= 11 is 0. The summed E-state index contributed by atoms with van der Waals surface area (Å²) < 4.78 is 10.6. The number of aromatic nitrogens is 4. The predicted octanol–water partition coefficient (Wildman–Crippen LogP) is 3.55. The minimum atomic E-state index is -0.395. The second kappa shape index (κ2) is 8.24. The third-order valence-electron chi connectivity index (χ3n) is 5.41. The van der Waals surface area contributed by atoms with Crippen LogP contribution in [-0.4, -0.2) is 30.1 Å². The molecule has 1 aliphatic carbocycles. The molecule has 8 heteroatoms. The molecule has 0 bridgehead atoms. The molecule has 1 aromatic carbocycles. The lowest BCUT2D eigenvalue weighted by atomic mass is 9.78. The number of ether oxygens (including phenoxy) is 1. The lowest BCUT2D eigenvalue weighted by Gasteiger charge is -2.38. The Morgan fingerprint density at radius 3 is 2.04 bits per heavy atom. The van der Waals surface area contributed by atoms with Crippen LogP contribution in [0.3, 0.4) is 0 Å². The van der Waals surface area contributed by atoms with Crippen molar-refractivity contribution in [1.82, 2.24) is 19.1 Å². The third kappa shape index (κ3) is 4.21. The van der Waals surface area contributed by atoms with Gasteiger partial charge in [0.05, 0.1) is 17.6 Å². The highest BCUT2D eigenvalue weighted by Crippen LogP contribution is 2.35. The quantitative estimate of drug-likeness (QED) is 0.461. The first-order valence-corrected chi connectivity index (χ1v) is 9.51. The van der Waals surface area contributed by atoms with E-state index in [0.29, 0.717) is 17.6 Å². The van der Waals surface area contributed by atoms with Gasteiger partial charge in [0, 0.05) is 61.8 Å². The lowest BCUT2D eigenvalue weighted by Crippen LogP contribution is -2.41. The molecular formula is C20H23N5O3. The number of hydrogen-bond donors (Lipinski definition) is 0. The van der Waals surface area contributed by atoms with E-state index in [1.165, 1.54) is 12.1 Å². The molecule has 0 spiro atoms. The number of hydrogen-bond acceptors (Lipinski definition) is 5. The maximum absolute atomic E-state index is 10.9. The van der Waals surface area contributed by atoms with Gasteiger partial charge in [0.25, 0.3) is 5.69 Å². The standard InChI is InChI=1S/C20H23N5O3/c26-25(27)18-4-6-19(7-5-18)28-20-16(12-23-10-8-21-14-23)2-1-3-17(20)13-24-11-9-22-15-24/h4-11,14-17,20H,1-3,12-13H2. The number of rotatable bonds is 7. The van der Waals surface area contributed by atoms with Crippen LogP contribution in [0.2, 0.25) is 0 Å². The van der Waals surface area contributed by atoms with Crippen LogP contribution in [0.5, 0.6) is 5.75 Å². The first-order chi connectivity index (χ1) is 13.7. The van der Waals surface area contributed by atoms with Crippen molar-refractivity contribution in [2.45, 2.75) is 38.5 Å². The van der Waals surface area contributed by atoms with Gasteiger partial charge in [-0.15, -0.1) is 0 Å². The molecule has 146 valence electrons. The van der Waals surface area contributed by atoms with Crippen molar-refractivity contribution in [2.75, 3.05) is 0 Å². The molecule has 2 aromatic heterocycles. The van der Waals surface area contributed by atoms with E-state index in [9.17, 15) is 10.1 Å². The number of nitrogens with zero attached hydrogens (tertiary/aromatic N) is 5. The minimum Gasteiger partial charge on any atom is -0.490 e. The summed E-state index contributed by atoms with van der Waals surface area (Å²) in [5, 5.41) is 10.9. The molecule has 4 rings (SSSR count). The highest BCUT2D eigenvalue weighted by atomic mass is 16.6. The largest absolute Gasteiger partial charge is 0.490 e. The van der Waals surface area contributed by atoms with Crippen LogP contribution in [0.1, 0.15) is 19.3 Å². The van der Waals surface area contributed by atoms with E-state index in [-0.39, 0.29) is 11.8 Å². The van der Waals surface area contributed by atoms with Crippen molar-refractivity contribution in [3.05, 3.63) is 71.8 Å². The summed E-state index contributed by atoms with van der Waals surface area (Å²) in [6.07, 6.45) is 14.5. The minimum absolute atomic E-state index is 0.0139. The van der Waals surface area contributed by atoms with Gasteiger partial charge in [-0.05, 0) is 25.0 Å². The fourth-order valence-corrected chi connectivity index (χ4v) is 4.07. The molecule has 2 atom stereocenters. The van der Waals surface area contributed by atoms with Crippen molar-refractivity contribution >= 4 is 5.69 Å². The summed E-state index contributed by atoms with van der Waals surface area (Å²) in [7, 11) is 0. The summed E-state index contributed by atoms with van der Waals surface area (Å²) in [6, 6.07) is 6.37. The smallest absolute Gasteiger partial charge is 0.269 e. The number of non-ortho nitro benzene ring substituents is 1. The van der Waals surface area contributed by atoms with E-state index < -0.39 is 4.92 Å². The van der Waals surface area contributed by atoms with E-state index in [0.717, 1.165) is 32.4 Å². The van der Waals surface area contributed by atoms with Crippen molar-refractivity contribution in [3.8, 4) is 5.75 Å². The molecule has 1 saturated carbocycles. The van der Waals surface area contributed by atoms with Crippen LogP contribution in [-0.2, 0) is 13.1 Å². The van der Waals surface area contributed by atoms with E-state index >= 15 is 0 Å². The average molecular weight is 381 g/mol. The fourth-order valence-electron chi connectivity index (χ4n) is 4.07. The van der Waals surface area contributed by atoms with Gasteiger partial charge in [0.15, 0.2) is 0 Å². The zero-order chi connectivity index (χ0) is 19.3. The Kier molecular flexibility index (Phi) is 5.36. The maximum atomic E-state index is 10.9. The lowest BCUT2D eigenvalue weighted by molar-refractivity contribution is -0.384. The Hall–Kier alpha value is -3.16. The van der Waals surface area contributed by atoms with E-state index in [1.54, 1.807) is 24.5 Å². The summed E-state index contributed by atoms with van der Waals surface area (Å²) in [5.41, 5.74) is 0.0703. The van der Waals surface area contributed by atoms with Gasteiger partial charge in [-0.1, -0.05) is 6.42 Å². The Bertz CT molecular complexity index is 833. The fraction of sp³-hybridized carbons (Fsp3) is 0.400. The van der Waals surface area contributed by atoms with Gasteiger partial charge in [0.1, 0.15) is 11.9 Å². The number of nitro groups is 1. The number of nitro benzene ring substituents is 1. The van der Waals surface area contributed by atoms with Gasteiger partial charge in [-0.3, -0.25) is 10.1 Å². The van der Waals surface area contributed by atoms with E-state index in [1.807, 2.05) is 25.0 Å². The van der Waals surface area contributed by atoms with Crippen LogP contribution < -0.4 is 4.74 Å². The number of imidazole rings is 2. The third-order valence-corrected chi connectivity index (χ3v) is 5.41. The summed E-state index contributed by atoms with van der Waals surface area (Å²) in [6.45, 7) is 1.69. The number of benzene rings is 1. The van der Waals surface area contributed by atoms with Crippen molar-refractivity contribution in [3.63, 3.8) is 0 Å². The van der Waals surface area contributed by atoms with Crippen LogP contribution in [0.25, 0.3) is 0 Å². The first kappa shape index (κ1) is 18.2. The SMILES string of the molecule is O=[N+]([O-])c1ccc(OC2C(Cn3ccnc3)CCCC2Cn2ccnc2)cc1. The normalized spacial score (nSPS) is 22.1. The summed E-state index contributed by atoms with van der Waals surface area (Å²) in [4.78, 5) is 18.8. The first-order valence-electron chi connectivity index (χ1n) is 9.51. The van der Waals surface area contributed by atoms with Gasteiger partial charge in [-0.25, -0.2) is 9.97 Å². The second-order valence-corrected chi connectivity index (χ2v) is 7.30. The molecular weight excluding hydrogens is 358 g/mol. The molecule has 3 aromatic rings. The van der Waals surface area contributed by atoms with Gasteiger partial charge in [0.2, 0.25) is 0 Å². The van der Waals surface area contributed by atoms with Gasteiger partial charge in [-0.2, -0.15) is 0 Å². The van der Waals surface area contributed by atoms with E-state index in [4.69, 9.17) is 4.74 Å². The zero-order valence-corrected chi connectivity index (χ0v) is 15.5. The molecule has 0 amide bonds. The van der Waals surface area contributed by atoms with Gasteiger partial charge < -0.3 is 13.9 Å². The van der Waals surface area contributed by atoms with Crippen LogP contribution in [0.15, 0.2) is 61.7 Å². The van der Waals surface area contributed by atoms with Crippen LogP contribution in [0.4, 0.5) is 5.69 Å². The Morgan fingerprint density at radius 1 is 1.00 bits per heavy atom. The molecule has 1 aliphatic rings. The summed E-state index contributed by atoms with van der Waals surface area (Å²) in [5.74, 6) is 1.35. The molecule has 8 nitrogen and oxygen atoms in total. The molecule has 0 radical (unpaired) electrons. The van der Waals surface area contributed by atoms with Crippen molar-refractivity contribution in [2.24, 2.45) is 11.8 Å². The Balaban J connectivity index is 1.55. The molecule has 0 saturated heterocycles. The topological polar surface area (TPSA) is 88.0 Å². The molecule has 2 heterocycles. The Labute approximate surface area is 163 Å². The van der Waals surface area contributed by atoms with Crippen molar-refractivity contribution < 1.29 is 9.66 Å². The predicted molar refractivity (Wildman–Crippen MR) is 103 cm³/mol. The zero-order valence-electron chi connectivity index (χ0n) is 15.5. The van der Waals surface area contributed by atoms with Crippen LogP contribution >= 0.6 is 0 Å². The molecule has 0 aliphatic heterocycles.